The van der Waals surface area contributed by atoms with Gasteiger partial charge in [-0.25, -0.2) is 0 Å². The lowest BCUT2D eigenvalue weighted by molar-refractivity contribution is -0.0287. The van der Waals surface area contributed by atoms with Gasteiger partial charge in [-0.2, -0.15) is 0 Å². The van der Waals surface area contributed by atoms with Crippen LogP contribution in [-0.2, 0) is 4.43 Å². The number of hydrogen-bond acceptors (Lipinski definition) is 2. The van der Waals surface area contributed by atoms with Crippen LogP contribution < -0.4 is 0 Å². The minimum absolute atomic E-state index is 0.137. The molecule has 2 unspecified atom stereocenters. The van der Waals surface area contributed by atoms with Crippen LogP contribution in [0.2, 0.25) is 18.1 Å². The van der Waals surface area contributed by atoms with Crippen LogP contribution >= 0.6 is 0 Å². The maximum atomic E-state index is 11.7. The maximum absolute atomic E-state index is 11.7. The number of hydrogen-bond donors (Lipinski definition) is 1. The number of rotatable bonds is 4. The molecule has 3 saturated carbocycles. The topological polar surface area (TPSA) is 29.5 Å². The highest BCUT2D eigenvalue weighted by Crippen LogP contribution is 2.68. The molecule has 33 heavy (non-hydrogen) atoms. The zero-order valence-electron chi connectivity index (χ0n) is 22.8. The van der Waals surface area contributed by atoms with Crippen molar-refractivity contribution in [1.82, 2.24) is 0 Å². The molecule has 2 nitrogen and oxygen atoms in total. The van der Waals surface area contributed by atoms with Crippen molar-refractivity contribution >= 4 is 8.32 Å². The Kier molecular flexibility index (Phi) is 6.33. The Balaban J connectivity index is 1.58. The van der Waals surface area contributed by atoms with E-state index in [1.165, 1.54) is 37.7 Å². The largest absolute Gasteiger partial charge is 0.414 e. The Morgan fingerprint density at radius 3 is 2.42 bits per heavy atom. The van der Waals surface area contributed by atoms with Crippen LogP contribution in [0.5, 0.6) is 0 Å². The van der Waals surface area contributed by atoms with Gasteiger partial charge in [0.2, 0.25) is 0 Å². The van der Waals surface area contributed by atoms with Crippen LogP contribution in [-0.4, -0.2) is 25.1 Å². The number of aliphatic hydroxyl groups is 1. The second-order valence-corrected chi connectivity index (χ2v) is 18.6. The molecule has 3 heteroatoms. The summed E-state index contributed by atoms with van der Waals surface area (Å²) in [6, 6.07) is 0. The Bertz CT molecular complexity index is 848. The molecule has 3 fully saturated rings. The molecule has 0 aliphatic heterocycles. The number of fused-ring (bicyclic) bond motifs is 5. The van der Waals surface area contributed by atoms with E-state index in [2.05, 4.69) is 73.4 Å². The van der Waals surface area contributed by atoms with Crippen molar-refractivity contribution in [2.24, 2.45) is 28.6 Å². The fourth-order valence-corrected chi connectivity index (χ4v) is 9.78. The van der Waals surface area contributed by atoms with Gasteiger partial charge < -0.3 is 9.53 Å². The zero-order chi connectivity index (χ0) is 24.4. The minimum atomic E-state index is -1.74. The van der Waals surface area contributed by atoms with Crippen LogP contribution in [0.1, 0.15) is 92.9 Å². The summed E-state index contributed by atoms with van der Waals surface area (Å²) in [6.07, 6.45) is 16.0. The molecule has 0 aromatic rings. The van der Waals surface area contributed by atoms with Gasteiger partial charge in [0.15, 0.2) is 8.32 Å². The van der Waals surface area contributed by atoms with Gasteiger partial charge in [-0.05, 0) is 111 Å². The highest BCUT2D eigenvalue weighted by Gasteiger charge is 2.62. The number of allylic oxidation sites excluding steroid dienone is 2. The first-order valence-corrected chi connectivity index (χ1v) is 16.5. The SMILES string of the molecule is C=CCC1(O)C[C@H]2[C@@H]3CC=C4C[C@@H](O[Si](C)(C)C(C)(C)C)CCC4(C)[C@H]3CC[C@]2(C)C1=CC. The summed E-state index contributed by atoms with van der Waals surface area (Å²) in [7, 11) is -1.74. The third kappa shape index (κ3) is 3.89. The summed E-state index contributed by atoms with van der Waals surface area (Å²) in [6.45, 7) is 23.0. The van der Waals surface area contributed by atoms with Gasteiger partial charge in [-0.15, -0.1) is 6.58 Å². The van der Waals surface area contributed by atoms with E-state index in [9.17, 15) is 5.11 Å². The smallest absolute Gasteiger partial charge is 0.192 e. The summed E-state index contributed by atoms with van der Waals surface area (Å²) in [4.78, 5) is 0. The molecule has 0 aromatic heterocycles. The second kappa shape index (κ2) is 8.20. The summed E-state index contributed by atoms with van der Waals surface area (Å²) < 4.78 is 6.89. The van der Waals surface area contributed by atoms with Crippen molar-refractivity contribution in [3.63, 3.8) is 0 Å². The van der Waals surface area contributed by atoms with Crippen molar-refractivity contribution in [3.05, 3.63) is 36.0 Å². The van der Waals surface area contributed by atoms with Gasteiger partial charge in [-0.3, -0.25) is 0 Å². The molecule has 0 radical (unpaired) electrons. The Hall–Kier alpha value is -0.643. The fourth-order valence-electron chi connectivity index (χ4n) is 8.39. The highest BCUT2D eigenvalue weighted by atomic mass is 28.4. The Labute approximate surface area is 205 Å². The molecular formula is C30H50O2Si. The molecule has 4 rings (SSSR count). The first-order valence-electron chi connectivity index (χ1n) is 13.6. The third-order valence-corrected chi connectivity index (χ3v) is 15.7. The first-order chi connectivity index (χ1) is 15.2. The van der Waals surface area contributed by atoms with Gasteiger partial charge in [-0.1, -0.05) is 58.4 Å². The Morgan fingerprint density at radius 2 is 1.82 bits per heavy atom. The monoisotopic (exact) mass is 470 g/mol. The molecular weight excluding hydrogens is 420 g/mol. The van der Waals surface area contributed by atoms with Gasteiger partial charge in [0.25, 0.3) is 0 Å². The zero-order valence-corrected chi connectivity index (χ0v) is 23.8. The minimum Gasteiger partial charge on any atom is -0.414 e. The highest BCUT2D eigenvalue weighted by molar-refractivity contribution is 6.74. The van der Waals surface area contributed by atoms with Crippen molar-refractivity contribution in [2.75, 3.05) is 0 Å². The second-order valence-electron chi connectivity index (χ2n) is 13.9. The molecule has 0 spiro atoms. The standard InChI is InChI=1S/C30H50O2Si/c1-10-16-30(31)20-25-23-13-12-21-19-22(32-33(8,9)27(3,4)5)14-17-28(21,6)24(23)15-18-29(25,7)26(30)11-2/h10-12,22-25,31H,1,13-20H2,2-9H3/t22-,23+,24-,25-,28?,29-,30?/m0/s1. The molecule has 7 atom stereocenters. The predicted octanol–water partition coefficient (Wildman–Crippen LogP) is 8.20. The van der Waals surface area contributed by atoms with E-state index < -0.39 is 13.9 Å². The summed E-state index contributed by atoms with van der Waals surface area (Å²) in [5.74, 6) is 2.00. The van der Waals surface area contributed by atoms with Crippen LogP contribution in [0, 0.1) is 28.6 Å². The van der Waals surface area contributed by atoms with Crippen LogP contribution in [0.15, 0.2) is 36.0 Å². The van der Waals surface area contributed by atoms with Crippen LogP contribution in [0.4, 0.5) is 0 Å². The normalized spacial score (nSPS) is 44.6. The molecule has 0 amide bonds. The fraction of sp³-hybridized carbons (Fsp3) is 0.800. The van der Waals surface area contributed by atoms with E-state index in [0.717, 1.165) is 18.8 Å². The lowest BCUT2D eigenvalue weighted by Crippen LogP contribution is -2.51. The van der Waals surface area contributed by atoms with E-state index in [4.69, 9.17) is 4.43 Å². The molecule has 1 N–H and O–H groups in total. The van der Waals surface area contributed by atoms with Gasteiger partial charge in [0, 0.05) is 6.10 Å². The van der Waals surface area contributed by atoms with Gasteiger partial charge >= 0.3 is 0 Å². The van der Waals surface area contributed by atoms with Gasteiger partial charge in [0.1, 0.15) is 0 Å². The summed E-state index contributed by atoms with van der Waals surface area (Å²) >= 11 is 0. The van der Waals surface area contributed by atoms with E-state index in [0.29, 0.717) is 29.8 Å². The van der Waals surface area contributed by atoms with Crippen molar-refractivity contribution in [1.29, 1.82) is 0 Å². The van der Waals surface area contributed by atoms with E-state index in [1.54, 1.807) is 5.57 Å². The molecule has 4 aliphatic carbocycles. The van der Waals surface area contributed by atoms with E-state index >= 15 is 0 Å². The maximum Gasteiger partial charge on any atom is 0.192 e. The first kappa shape index (κ1) is 25.4. The summed E-state index contributed by atoms with van der Waals surface area (Å²) in [5, 5.41) is 11.9. The quantitative estimate of drug-likeness (QED) is 0.331. The molecule has 0 aromatic carbocycles. The summed E-state index contributed by atoms with van der Waals surface area (Å²) in [5.41, 5.74) is 2.74. The van der Waals surface area contributed by atoms with Gasteiger partial charge in [0.05, 0.1) is 5.60 Å². The van der Waals surface area contributed by atoms with Crippen molar-refractivity contribution in [3.8, 4) is 0 Å². The van der Waals surface area contributed by atoms with E-state index in [1.807, 2.05) is 6.08 Å². The van der Waals surface area contributed by atoms with Crippen LogP contribution in [0.25, 0.3) is 0 Å². The predicted molar refractivity (Wildman–Crippen MR) is 143 cm³/mol. The third-order valence-electron chi connectivity index (χ3n) is 11.2. The van der Waals surface area contributed by atoms with Crippen molar-refractivity contribution in [2.45, 2.75) is 123 Å². The lowest BCUT2D eigenvalue weighted by Gasteiger charge is -2.58. The average molecular weight is 471 g/mol. The van der Waals surface area contributed by atoms with Crippen molar-refractivity contribution < 1.29 is 9.53 Å². The van der Waals surface area contributed by atoms with E-state index in [-0.39, 0.29) is 10.5 Å². The lowest BCUT2D eigenvalue weighted by atomic mass is 9.48. The van der Waals surface area contributed by atoms with Crippen LogP contribution in [0.3, 0.4) is 0 Å². The average Bonchev–Trinajstić information content (AvgIpc) is 2.93. The molecule has 0 saturated heterocycles. The molecule has 0 bridgehead atoms. The Morgan fingerprint density at radius 1 is 1.15 bits per heavy atom. The molecule has 0 heterocycles. The molecule has 186 valence electrons. The molecule has 4 aliphatic rings.